The number of rotatable bonds is 5. The number of likely N-dealkylation sites (N-methyl/N-ethyl adjacent to an activating group) is 1. The first-order valence-corrected chi connectivity index (χ1v) is 3.76. The molecule has 76 valence electrons. The lowest BCUT2D eigenvalue weighted by molar-refractivity contribution is -0.877. The highest BCUT2D eigenvalue weighted by molar-refractivity contribution is 5.65. The van der Waals surface area contributed by atoms with Gasteiger partial charge in [0.05, 0.1) is 21.1 Å². The fraction of sp³-hybridized carbons (Fsp3) is 0.857. The molecule has 1 N–H and O–H groups in total. The lowest BCUT2D eigenvalue weighted by Gasteiger charge is -2.30. The average molecular weight is 190 g/mol. The van der Waals surface area contributed by atoms with E-state index < -0.39 is 18.1 Å². The zero-order valence-electron chi connectivity index (χ0n) is 7.98. The van der Waals surface area contributed by atoms with Gasteiger partial charge in [0.25, 0.3) is 5.72 Å². The minimum atomic E-state index is -2.07. The number of carboxylic acid groups (broad SMARTS) is 1. The standard InChI is InChI=1S/C7H14N2O4/c1-9(2,3)5-7(12,8-13)4-6(10)11/h12H,4-5H2,1-3H3. The van der Waals surface area contributed by atoms with Crippen molar-refractivity contribution in [3.05, 3.63) is 4.91 Å². The molecule has 0 aliphatic rings. The number of quaternary nitrogens is 1. The van der Waals surface area contributed by atoms with Crippen LogP contribution in [0, 0.1) is 4.91 Å². The Labute approximate surface area is 76.3 Å². The van der Waals surface area contributed by atoms with Gasteiger partial charge in [0.15, 0.2) is 0 Å². The molecule has 0 aromatic carbocycles. The van der Waals surface area contributed by atoms with Crippen molar-refractivity contribution in [1.82, 2.24) is 0 Å². The molecule has 6 heteroatoms. The van der Waals surface area contributed by atoms with Crippen molar-refractivity contribution in [2.75, 3.05) is 27.7 Å². The second-order valence-corrected chi connectivity index (χ2v) is 4.07. The number of nitrogens with zero attached hydrogens (tertiary/aromatic N) is 2. The van der Waals surface area contributed by atoms with Gasteiger partial charge in [-0.05, 0) is 5.18 Å². The van der Waals surface area contributed by atoms with E-state index in [1.807, 2.05) is 0 Å². The van der Waals surface area contributed by atoms with Crippen molar-refractivity contribution in [2.45, 2.75) is 12.1 Å². The molecular formula is C7H14N2O4. The zero-order valence-corrected chi connectivity index (χ0v) is 7.98. The van der Waals surface area contributed by atoms with Crippen LogP contribution in [0.5, 0.6) is 0 Å². The second-order valence-electron chi connectivity index (χ2n) is 4.07. The molecule has 0 bridgehead atoms. The van der Waals surface area contributed by atoms with Gasteiger partial charge in [-0.25, -0.2) is 0 Å². The summed E-state index contributed by atoms with van der Waals surface area (Å²) in [5.74, 6) is -1.49. The van der Waals surface area contributed by atoms with Crippen LogP contribution in [0.1, 0.15) is 6.42 Å². The molecule has 0 spiro atoms. The van der Waals surface area contributed by atoms with Crippen LogP contribution >= 0.6 is 0 Å². The van der Waals surface area contributed by atoms with Gasteiger partial charge in [-0.15, -0.1) is 4.91 Å². The van der Waals surface area contributed by atoms with Gasteiger partial charge in [-0.2, -0.15) is 0 Å². The summed E-state index contributed by atoms with van der Waals surface area (Å²) in [5, 5.41) is 22.0. The highest BCUT2D eigenvalue weighted by Crippen LogP contribution is 2.14. The van der Waals surface area contributed by atoms with Gasteiger partial charge in [-0.3, -0.25) is 0 Å². The molecule has 0 amide bonds. The van der Waals surface area contributed by atoms with Gasteiger partial charge in [-0.1, -0.05) is 0 Å². The van der Waals surface area contributed by atoms with Crippen LogP contribution in [0.4, 0.5) is 0 Å². The van der Waals surface area contributed by atoms with E-state index in [2.05, 4.69) is 5.18 Å². The van der Waals surface area contributed by atoms with Crippen LogP contribution < -0.4 is 5.11 Å². The molecule has 13 heavy (non-hydrogen) atoms. The molecule has 0 heterocycles. The van der Waals surface area contributed by atoms with Crippen molar-refractivity contribution < 1.29 is 19.5 Å². The van der Waals surface area contributed by atoms with E-state index in [4.69, 9.17) is 0 Å². The number of nitroso groups, excluding NO2 is 1. The summed E-state index contributed by atoms with van der Waals surface area (Å²) in [4.78, 5) is 20.4. The Balaban J connectivity index is 4.46. The minimum absolute atomic E-state index is 0.0650. The summed E-state index contributed by atoms with van der Waals surface area (Å²) in [5.41, 5.74) is -2.07. The third-order valence-corrected chi connectivity index (χ3v) is 1.32. The number of carbonyl (C=O) groups is 1. The molecular weight excluding hydrogens is 176 g/mol. The number of aliphatic carboxylic acids is 1. The van der Waals surface area contributed by atoms with E-state index in [1.165, 1.54) is 0 Å². The zero-order chi connectivity index (χ0) is 10.7. The minimum Gasteiger partial charge on any atom is -0.550 e. The molecule has 0 fully saturated rings. The maximum absolute atomic E-state index is 10.2. The van der Waals surface area contributed by atoms with Gasteiger partial charge >= 0.3 is 0 Å². The maximum Gasteiger partial charge on any atom is 0.252 e. The van der Waals surface area contributed by atoms with E-state index in [1.54, 1.807) is 21.1 Å². The second kappa shape index (κ2) is 3.80. The Morgan fingerprint density at radius 2 is 2.00 bits per heavy atom. The van der Waals surface area contributed by atoms with E-state index in [0.717, 1.165) is 0 Å². The molecule has 0 saturated carbocycles. The molecule has 0 saturated heterocycles. The van der Waals surface area contributed by atoms with E-state index in [0.29, 0.717) is 0 Å². The van der Waals surface area contributed by atoms with Crippen molar-refractivity contribution >= 4 is 5.97 Å². The Kier molecular flexibility index (Phi) is 3.50. The van der Waals surface area contributed by atoms with Crippen molar-refractivity contribution in [2.24, 2.45) is 5.18 Å². The molecule has 1 atom stereocenters. The van der Waals surface area contributed by atoms with Crippen molar-refractivity contribution in [3.8, 4) is 0 Å². The van der Waals surface area contributed by atoms with Gasteiger partial charge in [0.2, 0.25) is 0 Å². The monoisotopic (exact) mass is 190 g/mol. The SMILES string of the molecule is C[N+](C)(C)CC(O)(CC(=O)[O-])N=O. The third-order valence-electron chi connectivity index (χ3n) is 1.32. The molecule has 0 radical (unpaired) electrons. The predicted octanol–water partition coefficient (Wildman–Crippen LogP) is -1.71. The van der Waals surface area contributed by atoms with Gasteiger partial charge in [0.1, 0.15) is 6.54 Å². The van der Waals surface area contributed by atoms with E-state index >= 15 is 0 Å². The summed E-state index contributed by atoms with van der Waals surface area (Å²) in [6.45, 7) is -0.0650. The van der Waals surface area contributed by atoms with Crippen LogP contribution in [0.3, 0.4) is 0 Å². The summed E-state index contributed by atoms with van der Waals surface area (Å²) < 4.78 is 0.246. The van der Waals surface area contributed by atoms with Gasteiger partial charge in [0, 0.05) is 12.4 Å². The Hall–Kier alpha value is -1.01. The molecule has 0 aromatic rings. The lowest BCUT2D eigenvalue weighted by atomic mass is 10.1. The molecule has 1 unspecified atom stereocenters. The molecule has 0 aliphatic heterocycles. The number of hydrogen-bond donors (Lipinski definition) is 1. The molecule has 6 nitrogen and oxygen atoms in total. The van der Waals surface area contributed by atoms with Crippen LogP contribution in [0.2, 0.25) is 0 Å². The first-order valence-electron chi connectivity index (χ1n) is 3.76. The quantitative estimate of drug-likeness (QED) is 0.413. The van der Waals surface area contributed by atoms with E-state index in [-0.39, 0.29) is 11.0 Å². The highest BCUT2D eigenvalue weighted by Gasteiger charge is 2.35. The summed E-state index contributed by atoms with van der Waals surface area (Å²) in [6.07, 6.45) is -0.772. The highest BCUT2D eigenvalue weighted by atomic mass is 16.4. The lowest BCUT2D eigenvalue weighted by Crippen LogP contribution is -2.50. The summed E-state index contributed by atoms with van der Waals surface area (Å²) in [7, 11) is 5.14. The molecule has 0 rings (SSSR count). The predicted molar refractivity (Wildman–Crippen MR) is 43.3 cm³/mol. The van der Waals surface area contributed by atoms with E-state index in [9.17, 15) is 19.9 Å². The fourth-order valence-electron chi connectivity index (χ4n) is 1.11. The number of carboxylic acids is 1. The molecule has 0 aliphatic carbocycles. The van der Waals surface area contributed by atoms with Crippen LogP contribution in [0.25, 0.3) is 0 Å². The first kappa shape index (κ1) is 12.0. The number of carbonyl (C=O) groups excluding carboxylic acids is 1. The number of aliphatic hydroxyl groups is 1. The third kappa shape index (κ3) is 5.26. The van der Waals surface area contributed by atoms with Crippen LogP contribution in [-0.4, -0.2) is 49.0 Å². The Morgan fingerprint density at radius 1 is 1.54 bits per heavy atom. The topological polar surface area (TPSA) is 89.8 Å². The van der Waals surface area contributed by atoms with Crippen LogP contribution in [0.15, 0.2) is 5.18 Å². The summed E-state index contributed by atoms with van der Waals surface area (Å²) >= 11 is 0. The number of hydrogen-bond acceptors (Lipinski definition) is 5. The molecule has 0 aromatic heterocycles. The Morgan fingerprint density at radius 3 is 2.23 bits per heavy atom. The smallest absolute Gasteiger partial charge is 0.252 e. The maximum atomic E-state index is 10.2. The average Bonchev–Trinajstić information content (AvgIpc) is 1.81. The van der Waals surface area contributed by atoms with Crippen molar-refractivity contribution in [1.29, 1.82) is 0 Å². The van der Waals surface area contributed by atoms with Crippen LogP contribution in [-0.2, 0) is 4.79 Å². The fourth-order valence-corrected chi connectivity index (χ4v) is 1.11. The normalized spacial score (nSPS) is 16.3. The largest absolute Gasteiger partial charge is 0.550 e. The first-order chi connectivity index (χ1) is 5.68. The Bertz CT molecular complexity index is 211. The van der Waals surface area contributed by atoms with Gasteiger partial charge < -0.3 is 19.5 Å². The summed E-state index contributed by atoms with van der Waals surface area (Å²) in [6, 6.07) is 0. The van der Waals surface area contributed by atoms with Crippen molar-refractivity contribution in [3.63, 3.8) is 0 Å².